The van der Waals surface area contributed by atoms with Crippen LogP contribution in [-0.2, 0) is 4.74 Å². The molecule has 3 rings (SSSR count). The molecule has 0 saturated carbocycles. The lowest BCUT2D eigenvalue weighted by Gasteiger charge is -2.37. The van der Waals surface area contributed by atoms with Crippen LogP contribution in [0.3, 0.4) is 0 Å². The minimum Gasteiger partial charge on any atom is -0.441 e. The number of amides is 2. The average Bonchev–Trinajstić information content (AvgIpc) is 3.21. The summed E-state index contributed by atoms with van der Waals surface area (Å²) < 4.78 is 5.77. The largest absolute Gasteiger partial charge is 0.441 e. The summed E-state index contributed by atoms with van der Waals surface area (Å²) in [5.41, 5.74) is 0.109. The van der Waals surface area contributed by atoms with Crippen LogP contribution >= 0.6 is 11.3 Å². The van der Waals surface area contributed by atoms with Gasteiger partial charge in [-0.25, -0.2) is 9.78 Å². The minimum atomic E-state index is -0.430. The van der Waals surface area contributed by atoms with Crippen LogP contribution in [0, 0.1) is 0 Å². The number of ether oxygens (including phenoxy) is 1. The highest BCUT2D eigenvalue weighted by Gasteiger charge is 2.48. The van der Waals surface area contributed by atoms with Gasteiger partial charge in [0.1, 0.15) is 11.3 Å². The Hall–Kier alpha value is -1.63. The molecule has 1 atom stereocenters. The number of carbonyl (C=O) groups is 2. The molecule has 6 nitrogen and oxygen atoms in total. The van der Waals surface area contributed by atoms with Crippen molar-refractivity contribution in [3.05, 3.63) is 16.1 Å². The Labute approximate surface area is 159 Å². The average molecular weight is 380 g/mol. The topological polar surface area (TPSA) is 62.7 Å². The summed E-state index contributed by atoms with van der Waals surface area (Å²) in [5, 5.41) is 2.85. The van der Waals surface area contributed by atoms with Gasteiger partial charge < -0.3 is 14.5 Å². The van der Waals surface area contributed by atoms with Crippen molar-refractivity contribution < 1.29 is 14.3 Å². The Kier molecular flexibility index (Phi) is 5.55. The molecule has 3 heterocycles. The van der Waals surface area contributed by atoms with E-state index < -0.39 is 5.60 Å². The highest BCUT2D eigenvalue weighted by atomic mass is 32.1. The number of nitrogens with zero attached hydrogens (tertiary/aromatic N) is 3. The molecule has 0 aliphatic carbocycles. The lowest BCUT2D eigenvalue weighted by atomic mass is 9.91. The van der Waals surface area contributed by atoms with Crippen molar-refractivity contribution in [2.24, 2.45) is 0 Å². The van der Waals surface area contributed by atoms with Crippen molar-refractivity contribution in [1.82, 2.24) is 14.8 Å². The molecular weight excluding hydrogens is 350 g/mol. The Balaban J connectivity index is 1.60. The molecule has 144 valence electrons. The van der Waals surface area contributed by atoms with Crippen LogP contribution in [0.25, 0.3) is 0 Å². The van der Waals surface area contributed by atoms with E-state index in [1.165, 1.54) is 0 Å². The van der Waals surface area contributed by atoms with Crippen LogP contribution in [0.5, 0.6) is 0 Å². The molecule has 0 bridgehead atoms. The van der Waals surface area contributed by atoms with Crippen molar-refractivity contribution >= 4 is 23.3 Å². The van der Waals surface area contributed by atoms with Gasteiger partial charge in [-0.1, -0.05) is 27.2 Å². The van der Waals surface area contributed by atoms with Crippen LogP contribution in [0.4, 0.5) is 4.79 Å². The van der Waals surface area contributed by atoms with E-state index in [-0.39, 0.29) is 18.0 Å². The molecule has 26 heavy (non-hydrogen) atoms. The standard InChI is InChI=1S/C19H29N3O3S/c1-5-6-14(4)22-12-19(25-18(22)24)7-9-21(10-8-19)17(23)15-11-26-16(20-15)13(2)3/h11,13-14H,5-10,12H2,1-4H3/t14-/m1/s1. The highest BCUT2D eigenvalue weighted by molar-refractivity contribution is 7.09. The fourth-order valence-electron chi connectivity index (χ4n) is 3.75. The summed E-state index contributed by atoms with van der Waals surface area (Å²) in [4.78, 5) is 33.2. The fraction of sp³-hybridized carbons (Fsp3) is 0.737. The molecule has 0 N–H and O–H groups in total. The first kappa shape index (κ1) is 19.1. The maximum atomic E-state index is 12.7. The third kappa shape index (κ3) is 3.72. The number of piperidine rings is 1. The monoisotopic (exact) mass is 379 g/mol. The third-order valence-corrected chi connectivity index (χ3v) is 6.58. The molecule has 1 spiro atoms. The first-order chi connectivity index (χ1) is 12.3. The van der Waals surface area contributed by atoms with Gasteiger partial charge in [0.05, 0.1) is 11.6 Å². The maximum absolute atomic E-state index is 12.7. The first-order valence-electron chi connectivity index (χ1n) is 9.59. The van der Waals surface area contributed by atoms with Crippen LogP contribution in [0.15, 0.2) is 5.38 Å². The van der Waals surface area contributed by atoms with Gasteiger partial charge in [-0.2, -0.15) is 0 Å². The van der Waals surface area contributed by atoms with Gasteiger partial charge in [0, 0.05) is 43.3 Å². The van der Waals surface area contributed by atoms with Gasteiger partial charge in [0.25, 0.3) is 5.91 Å². The number of carbonyl (C=O) groups excluding carboxylic acids is 2. The molecule has 2 aliphatic rings. The summed E-state index contributed by atoms with van der Waals surface area (Å²) >= 11 is 1.54. The predicted octanol–water partition coefficient (Wildman–Crippen LogP) is 3.88. The van der Waals surface area contributed by atoms with E-state index >= 15 is 0 Å². The first-order valence-corrected chi connectivity index (χ1v) is 10.5. The smallest absolute Gasteiger partial charge is 0.410 e. The normalized spacial score (nSPS) is 20.7. The van der Waals surface area contributed by atoms with E-state index in [9.17, 15) is 9.59 Å². The molecule has 2 fully saturated rings. The molecule has 0 radical (unpaired) electrons. The number of hydrogen-bond donors (Lipinski definition) is 0. The molecule has 2 aliphatic heterocycles. The summed E-state index contributed by atoms with van der Waals surface area (Å²) in [6.45, 7) is 10.2. The van der Waals surface area contributed by atoms with Crippen LogP contribution in [-0.4, -0.2) is 58.1 Å². The highest BCUT2D eigenvalue weighted by Crippen LogP contribution is 2.35. The second kappa shape index (κ2) is 7.55. The van der Waals surface area contributed by atoms with Crippen molar-refractivity contribution in [3.63, 3.8) is 0 Å². The van der Waals surface area contributed by atoms with E-state index in [4.69, 9.17) is 4.74 Å². The molecule has 0 aromatic carbocycles. The molecule has 0 unspecified atom stereocenters. The quantitative estimate of drug-likeness (QED) is 0.779. The lowest BCUT2D eigenvalue weighted by Crippen LogP contribution is -2.49. The zero-order valence-corrected chi connectivity index (χ0v) is 17.0. The van der Waals surface area contributed by atoms with Gasteiger partial charge in [0.15, 0.2) is 0 Å². The Bertz CT molecular complexity index is 665. The molecule has 1 aromatic rings. The van der Waals surface area contributed by atoms with E-state index in [2.05, 4.69) is 32.7 Å². The third-order valence-electron chi connectivity index (χ3n) is 5.43. The summed E-state index contributed by atoms with van der Waals surface area (Å²) in [6.07, 6.45) is 3.22. The summed E-state index contributed by atoms with van der Waals surface area (Å²) in [7, 11) is 0. The van der Waals surface area contributed by atoms with Gasteiger partial charge in [-0.3, -0.25) is 4.79 Å². The van der Waals surface area contributed by atoms with Crippen LogP contribution in [0.1, 0.15) is 74.8 Å². The number of thiazole rings is 1. The van der Waals surface area contributed by atoms with Gasteiger partial charge in [-0.15, -0.1) is 11.3 Å². The van der Waals surface area contributed by atoms with Gasteiger partial charge in [-0.05, 0) is 13.3 Å². The number of aromatic nitrogens is 1. The summed E-state index contributed by atoms with van der Waals surface area (Å²) in [6, 6.07) is 0.205. The van der Waals surface area contributed by atoms with Crippen molar-refractivity contribution in [3.8, 4) is 0 Å². The summed E-state index contributed by atoms with van der Waals surface area (Å²) in [5.74, 6) is 0.323. The zero-order valence-electron chi connectivity index (χ0n) is 16.2. The van der Waals surface area contributed by atoms with Crippen LogP contribution < -0.4 is 0 Å². The minimum absolute atomic E-state index is 0.0106. The maximum Gasteiger partial charge on any atom is 0.410 e. The Morgan fingerprint density at radius 3 is 2.62 bits per heavy atom. The van der Waals surface area contributed by atoms with Gasteiger partial charge >= 0.3 is 6.09 Å². The van der Waals surface area contributed by atoms with E-state index in [1.54, 1.807) is 11.3 Å². The second-order valence-electron chi connectivity index (χ2n) is 7.83. The number of rotatable bonds is 5. The van der Waals surface area contributed by atoms with Gasteiger partial charge in [0.2, 0.25) is 0 Å². The second-order valence-corrected chi connectivity index (χ2v) is 8.72. The van der Waals surface area contributed by atoms with Crippen molar-refractivity contribution in [2.75, 3.05) is 19.6 Å². The number of likely N-dealkylation sites (tertiary alicyclic amines) is 1. The lowest BCUT2D eigenvalue weighted by molar-refractivity contribution is 0.00291. The number of hydrogen-bond acceptors (Lipinski definition) is 5. The van der Waals surface area contributed by atoms with Crippen molar-refractivity contribution in [2.45, 2.75) is 70.9 Å². The van der Waals surface area contributed by atoms with E-state index in [0.717, 1.165) is 17.8 Å². The molecule has 2 amide bonds. The molecule has 2 saturated heterocycles. The van der Waals surface area contributed by atoms with E-state index in [0.29, 0.717) is 44.1 Å². The predicted molar refractivity (Wildman–Crippen MR) is 102 cm³/mol. The Morgan fingerprint density at radius 1 is 1.35 bits per heavy atom. The molecular formula is C19H29N3O3S. The molecule has 1 aromatic heterocycles. The fourth-order valence-corrected chi connectivity index (χ4v) is 4.56. The van der Waals surface area contributed by atoms with E-state index in [1.807, 2.05) is 15.2 Å². The molecule has 7 heteroatoms. The van der Waals surface area contributed by atoms with Crippen molar-refractivity contribution in [1.29, 1.82) is 0 Å². The van der Waals surface area contributed by atoms with Crippen LogP contribution in [0.2, 0.25) is 0 Å². The Morgan fingerprint density at radius 2 is 2.04 bits per heavy atom. The zero-order chi connectivity index (χ0) is 18.9. The SMILES string of the molecule is CCC[C@@H](C)N1CC2(CCN(C(=O)c3csc(C(C)C)n3)CC2)OC1=O.